The number of carbonyl (C=O) groups excluding carboxylic acids is 1. The predicted octanol–water partition coefficient (Wildman–Crippen LogP) is 2.17. The number of aromatic nitrogens is 1. The Kier molecular flexibility index (Phi) is 5.00. The van der Waals surface area contributed by atoms with Gasteiger partial charge in [-0.05, 0) is 37.1 Å². The van der Waals surface area contributed by atoms with Crippen LogP contribution in [0.3, 0.4) is 0 Å². The molecule has 11 heteroatoms. The second-order valence-corrected chi connectivity index (χ2v) is 8.86. The van der Waals surface area contributed by atoms with Gasteiger partial charge in [0.05, 0.1) is 21.9 Å². The Morgan fingerprint density at radius 1 is 1.10 bits per heavy atom. The van der Waals surface area contributed by atoms with Crippen molar-refractivity contribution in [1.82, 2.24) is 8.87 Å². The van der Waals surface area contributed by atoms with E-state index >= 15 is 0 Å². The number of carbonyl (C=O) groups is 1. The molecular weight excluding hydrogens is 414 g/mol. The summed E-state index contributed by atoms with van der Waals surface area (Å²) in [7, 11) is -3.67. The van der Waals surface area contributed by atoms with Crippen LogP contribution in [-0.2, 0) is 16.6 Å². The Bertz CT molecular complexity index is 1300. The van der Waals surface area contributed by atoms with Crippen LogP contribution in [0.4, 0.5) is 5.69 Å². The summed E-state index contributed by atoms with van der Waals surface area (Å²) in [5.41, 5.74) is 0.409. The van der Waals surface area contributed by atoms with Gasteiger partial charge in [0, 0.05) is 36.9 Å². The van der Waals surface area contributed by atoms with Gasteiger partial charge in [0.25, 0.3) is 5.69 Å². The van der Waals surface area contributed by atoms with Crippen LogP contribution in [0.1, 0.15) is 23.2 Å². The minimum absolute atomic E-state index is 0.0273. The molecule has 0 atom stereocenters. The third-order valence-electron chi connectivity index (χ3n) is 5.04. The van der Waals surface area contributed by atoms with Crippen molar-refractivity contribution in [2.45, 2.75) is 24.3 Å². The summed E-state index contributed by atoms with van der Waals surface area (Å²) in [5.74, 6) is -1.24. The summed E-state index contributed by atoms with van der Waals surface area (Å²) >= 11 is 0. The van der Waals surface area contributed by atoms with Crippen LogP contribution in [0.2, 0.25) is 0 Å². The van der Waals surface area contributed by atoms with E-state index in [-0.39, 0.29) is 33.8 Å². The van der Waals surface area contributed by atoms with Gasteiger partial charge in [-0.15, -0.1) is 0 Å². The highest BCUT2D eigenvalue weighted by Gasteiger charge is 2.28. The van der Waals surface area contributed by atoms with E-state index in [0.717, 1.165) is 17.4 Å². The zero-order valence-electron chi connectivity index (χ0n) is 15.7. The number of hydrogen-bond acceptors (Lipinski definition) is 7. The topological polar surface area (TPSA) is 133 Å². The molecule has 0 radical (unpaired) electrons. The number of benzene rings is 2. The normalized spacial score (nSPS) is 14.9. The number of sulfonamides is 1. The molecule has 2 heterocycles. The first-order valence-corrected chi connectivity index (χ1v) is 10.6. The Hall–Kier alpha value is -3.31. The van der Waals surface area contributed by atoms with Gasteiger partial charge in [0.15, 0.2) is 11.4 Å². The largest absolute Gasteiger partial charge is 0.420 e. The molecule has 156 valence electrons. The molecule has 2 aromatic carbocycles. The van der Waals surface area contributed by atoms with E-state index in [9.17, 15) is 28.1 Å². The summed E-state index contributed by atoms with van der Waals surface area (Å²) < 4.78 is 33.1. The molecule has 1 saturated heterocycles. The number of ketones is 1. The molecule has 1 aliphatic rings. The fourth-order valence-electron chi connectivity index (χ4n) is 3.44. The molecule has 0 bridgehead atoms. The number of nitro groups is 1. The Morgan fingerprint density at radius 2 is 1.77 bits per heavy atom. The van der Waals surface area contributed by atoms with Crippen molar-refractivity contribution in [2.75, 3.05) is 13.1 Å². The SMILES string of the molecule is O=C(Cn1c(=O)oc2cc(S(=O)(=O)N3CCCC3)ccc21)c1ccc([N+](=O)[O-])cc1. The Morgan fingerprint density at radius 3 is 2.40 bits per heavy atom. The van der Waals surface area contributed by atoms with E-state index in [1.807, 2.05) is 0 Å². The average molecular weight is 431 g/mol. The Labute approximate surface area is 170 Å². The van der Waals surface area contributed by atoms with Crippen LogP contribution in [0.15, 0.2) is 56.6 Å². The summed E-state index contributed by atoms with van der Waals surface area (Å²) in [6.45, 7) is 0.562. The van der Waals surface area contributed by atoms with E-state index in [1.54, 1.807) is 0 Å². The van der Waals surface area contributed by atoms with Gasteiger partial charge in [-0.1, -0.05) is 0 Å². The molecule has 0 unspecified atom stereocenters. The zero-order valence-corrected chi connectivity index (χ0v) is 16.5. The van der Waals surface area contributed by atoms with Crippen LogP contribution in [-0.4, -0.2) is 41.1 Å². The van der Waals surface area contributed by atoms with Crippen molar-refractivity contribution in [3.63, 3.8) is 0 Å². The highest BCUT2D eigenvalue weighted by Crippen LogP contribution is 2.24. The molecule has 0 spiro atoms. The summed E-state index contributed by atoms with van der Waals surface area (Å²) in [5, 5.41) is 10.7. The molecule has 0 N–H and O–H groups in total. The van der Waals surface area contributed by atoms with Crippen molar-refractivity contribution < 1.29 is 22.6 Å². The predicted molar refractivity (Wildman–Crippen MR) is 106 cm³/mol. The third kappa shape index (κ3) is 3.53. The maximum absolute atomic E-state index is 12.7. The van der Waals surface area contributed by atoms with Crippen LogP contribution in [0, 0.1) is 10.1 Å². The van der Waals surface area contributed by atoms with Crippen molar-refractivity contribution in [3.8, 4) is 0 Å². The number of hydrogen-bond donors (Lipinski definition) is 0. The van der Waals surface area contributed by atoms with Crippen LogP contribution in [0.25, 0.3) is 11.1 Å². The number of Topliss-reactive ketones (excluding diaryl/α,β-unsaturated/α-hetero) is 1. The summed E-state index contributed by atoms with van der Waals surface area (Å²) in [4.78, 5) is 35.0. The molecule has 0 saturated carbocycles. The van der Waals surface area contributed by atoms with Gasteiger partial charge in [0.2, 0.25) is 10.0 Å². The van der Waals surface area contributed by atoms with E-state index in [1.165, 1.54) is 46.8 Å². The van der Waals surface area contributed by atoms with Crippen molar-refractivity contribution in [1.29, 1.82) is 0 Å². The first-order chi connectivity index (χ1) is 14.3. The second kappa shape index (κ2) is 7.50. The summed E-state index contributed by atoms with van der Waals surface area (Å²) in [6.07, 6.45) is 1.61. The van der Waals surface area contributed by atoms with E-state index in [2.05, 4.69) is 0 Å². The highest BCUT2D eigenvalue weighted by atomic mass is 32.2. The Balaban J connectivity index is 1.64. The number of oxazole rings is 1. The second-order valence-electron chi connectivity index (χ2n) is 6.92. The van der Waals surface area contributed by atoms with Gasteiger partial charge >= 0.3 is 5.76 Å². The van der Waals surface area contributed by atoms with Crippen molar-refractivity contribution in [3.05, 3.63) is 68.7 Å². The lowest BCUT2D eigenvalue weighted by molar-refractivity contribution is -0.384. The third-order valence-corrected chi connectivity index (χ3v) is 6.94. The molecule has 0 amide bonds. The number of nitro benzene ring substituents is 1. The monoisotopic (exact) mass is 431 g/mol. The minimum Gasteiger partial charge on any atom is -0.408 e. The number of non-ortho nitro benzene ring substituents is 1. The molecule has 3 aromatic rings. The quantitative estimate of drug-likeness (QED) is 0.332. The maximum Gasteiger partial charge on any atom is 0.420 e. The standard InChI is InChI=1S/C19H17N3O7S/c23-17(13-3-5-14(6-4-13)22(25)26)12-21-16-8-7-15(11-18(16)29-19(21)24)30(27,28)20-9-1-2-10-20/h3-8,11H,1-2,9-10,12H2. The van der Waals surface area contributed by atoms with Crippen LogP contribution >= 0.6 is 0 Å². The maximum atomic E-state index is 12.7. The lowest BCUT2D eigenvalue weighted by atomic mass is 10.1. The molecule has 1 aromatic heterocycles. The van der Waals surface area contributed by atoms with Gasteiger partial charge in [-0.2, -0.15) is 4.31 Å². The highest BCUT2D eigenvalue weighted by molar-refractivity contribution is 7.89. The lowest BCUT2D eigenvalue weighted by Gasteiger charge is -2.15. The fraction of sp³-hybridized carbons (Fsp3) is 0.263. The average Bonchev–Trinajstić information content (AvgIpc) is 3.37. The smallest absolute Gasteiger partial charge is 0.408 e. The molecule has 10 nitrogen and oxygen atoms in total. The minimum atomic E-state index is -3.67. The van der Waals surface area contributed by atoms with E-state index in [0.29, 0.717) is 13.1 Å². The zero-order chi connectivity index (χ0) is 21.5. The van der Waals surface area contributed by atoms with Gasteiger partial charge in [-0.25, -0.2) is 13.2 Å². The van der Waals surface area contributed by atoms with Crippen molar-refractivity contribution >= 4 is 32.6 Å². The molecule has 30 heavy (non-hydrogen) atoms. The van der Waals surface area contributed by atoms with E-state index in [4.69, 9.17) is 4.42 Å². The molecule has 1 fully saturated rings. The fourth-order valence-corrected chi connectivity index (χ4v) is 4.97. The lowest BCUT2D eigenvalue weighted by Crippen LogP contribution is -2.27. The summed E-state index contributed by atoms with van der Waals surface area (Å²) in [6, 6.07) is 9.16. The van der Waals surface area contributed by atoms with Crippen molar-refractivity contribution in [2.24, 2.45) is 0 Å². The number of fused-ring (bicyclic) bond motifs is 1. The number of rotatable bonds is 6. The van der Waals surface area contributed by atoms with Gasteiger partial charge in [-0.3, -0.25) is 19.5 Å². The van der Waals surface area contributed by atoms with Crippen LogP contribution < -0.4 is 5.76 Å². The van der Waals surface area contributed by atoms with Gasteiger partial charge < -0.3 is 4.42 Å². The first-order valence-electron chi connectivity index (χ1n) is 9.18. The first kappa shape index (κ1) is 20.0. The molecule has 0 aliphatic carbocycles. The molecule has 1 aliphatic heterocycles. The van der Waals surface area contributed by atoms with Crippen LogP contribution in [0.5, 0.6) is 0 Å². The molecular formula is C19H17N3O7S. The van der Waals surface area contributed by atoms with Gasteiger partial charge in [0.1, 0.15) is 0 Å². The van der Waals surface area contributed by atoms with E-state index < -0.39 is 26.5 Å². The molecule has 4 rings (SSSR count). The number of nitrogens with zero attached hydrogens (tertiary/aromatic N) is 3.